The lowest BCUT2D eigenvalue weighted by molar-refractivity contribution is -0.129. The van der Waals surface area contributed by atoms with Crippen molar-refractivity contribution in [2.24, 2.45) is 5.10 Å². The number of hydrogen-bond acceptors (Lipinski definition) is 9. The van der Waals surface area contributed by atoms with Crippen molar-refractivity contribution in [1.82, 2.24) is 25.1 Å². The third-order valence-corrected chi connectivity index (χ3v) is 5.29. The molecule has 2 N–H and O–H groups in total. The highest BCUT2D eigenvalue weighted by Crippen LogP contribution is 2.23. The van der Waals surface area contributed by atoms with E-state index in [0.717, 1.165) is 10.8 Å². The molecule has 176 valence electrons. The first-order chi connectivity index (χ1) is 16.9. The van der Waals surface area contributed by atoms with E-state index in [-0.39, 0.29) is 17.2 Å². The van der Waals surface area contributed by atoms with Gasteiger partial charge in [0.15, 0.2) is 0 Å². The van der Waals surface area contributed by atoms with Gasteiger partial charge < -0.3 is 4.74 Å². The van der Waals surface area contributed by atoms with Gasteiger partial charge in [-0.1, -0.05) is 30.3 Å². The molecule has 0 radical (unpaired) electrons. The van der Waals surface area contributed by atoms with Gasteiger partial charge in [-0.3, -0.25) is 19.7 Å². The van der Waals surface area contributed by atoms with Gasteiger partial charge in [0.1, 0.15) is 18.6 Å². The summed E-state index contributed by atoms with van der Waals surface area (Å²) in [6, 6.07) is 15.2. The summed E-state index contributed by atoms with van der Waals surface area (Å²) >= 11 is 0.592. The lowest BCUT2D eigenvalue weighted by Crippen LogP contribution is -2.31. The van der Waals surface area contributed by atoms with Crippen molar-refractivity contribution in [3.05, 3.63) is 88.0 Å². The molecule has 0 bridgehead atoms. The lowest BCUT2D eigenvalue weighted by Gasteiger charge is -2.05. The molecule has 1 aromatic heterocycles. The van der Waals surface area contributed by atoms with E-state index in [1.807, 2.05) is 11.4 Å². The Morgan fingerprint density at radius 1 is 1.09 bits per heavy atom. The molecule has 3 aromatic rings. The van der Waals surface area contributed by atoms with Gasteiger partial charge in [0.05, 0.1) is 16.8 Å². The molecule has 4 rings (SSSR count). The molecule has 2 heterocycles. The van der Waals surface area contributed by atoms with E-state index in [9.17, 15) is 24.0 Å². The summed E-state index contributed by atoms with van der Waals surface area (Å²) in [5.74, 6) is -2.03. The molecular formula is C22H16N6O6S. The molecular weight excluding hydrogens is 476 g/mol. The Morgan fingerprint density at radius 2 is 1.83 bits per heavy atom. The van der Waals surface area contributed by atoms with Crippen LogP contribution in [0.1, 0.15) is 5.56 Å². The maximum absolute atomic E-state index is 12.5. The first-order valence-electron chi connectivity index (χ1n) is 9.98. The predicted octanol–water partition coefficient (Wildman–Crippen LogP) is 0.957. The Morgan fingerprint density at radius 3 is 2.57 bits per heavy atom. The molecule has 0 spiro atoms. The maximum atomic E-state index is 12.5. The second-order valence-corrected chi connectivity index (χ2v) is 7.90. The average molecular weight is 492 g/mol. The zero-order chi connectivity index (χ0) is 24.8. The number of carbonyl (C=O) groups excluding carboxylic acids is 4. The quantitative estimate of drug-likeness (QED) is 0.163. The van der Waals surface area contributed by atoms with Crippen LogP contribution in [0.2, 0.25) is 0 Å². The zero-order valence-corrected chi connectivity index (χ0v) is 18.6. The van der Waals surface area contributed by atoms with E-state index < -0.39 is 28.7 Å². The van der Waals surface area contributed by atoms with E-state index >= 15 is 0 Å². The third-order valence-electron chi connectivity index (χ3n) is 4.47. The number of hydrazone groups is 1. The largest absolute Gasteiger partial charge is 0.423 e. The Hall–Kier alpha value is -4.78. The number of aromatic nitrogens is 3. The first-order valence-corrected chi connectivity index (χ1v) is 10.8. The Kier molecular flexibility index (Phi) is 6.97. The Bertz CT molecular complexity index is 1430. The normalized spacial score (nSPS) is 14.3. The van der Waals surface area contributed by atoms with Crippen molar-refractivity contribution in [2.45, 2.75) is 6.54 Å². The van der Waals surface area contributed by atoms with E-state index in [4.69, 9.17) is 4.74 Å². The number of para-hydroxylation sites is 2. The molecule has 1 aliphatic heterocycles. The summed E-state index contributed by atoms with van der Waals surface area (Å²) in [6.45, 7) is -0.362. The van der Waals surface area contributed by atoms with Crippen LogP contribution in [-0.4, -0.2) is 43.6 Å². The fourth-order valence-corrected chi connectivity index (χ4v) is 3.54. The molecule has 35 heavy (non-hydrogen) atoms. The van der Waals surface area contributed by atoms with Crippen LogP contribution >= 0.6 is 11.8 Å². The SMILES string of the molecule is O=C(Cn1ncn(-c2ccccc2)c1=O)N/N=C/c1ccccc1OC(=O)/C=C1\SC(=O)NC1=O. The molecule has 0 atom stereocenters. The number of ether oxygens (including phenoxy) is 1. The molecule has 0 unspecified atom stereocenters. The van der Waals surface area contributed by atoms with Gasteiger partial charge in [0.25, 0.3) is 17.1 Å². The topological polar surface area (TPSA) is 154 Å². The minimum absolute atomic E-state index is 0.0802. The first kappa shape index (κ1) is 23.4. The van der Waals surface area contributed by atoms with Crippen LogP contribution in [0.5, 0.6) is 5.75 Å². The standard InChI is InChI=1S/C22H16N6O6S/c29-18(12-28-22(33)27(13-24-28)15-7-2-1-3-8-15)26-23-11-14-6-4-5-9-16(14)34-19(30)10-17-20(31)25-21(32)35-17/h1-11,13H,12H2,(H,26,29)(H,25,31,32)/b17-10-,23-11+. The fraction of sp³-hybridized carbons (Fsp3) is 0.0455. The van der Waals surface area contributed by atoms with Gasteiger partial charge in [0.2, 0.25) is 0 Å². The van der Waals surface area contributed by atoms with E-state index in [1.54, 1.807) is 42.5 Å². The van der Waals surface area contributed by atoms with E-state index in [2.05, 4.69) is 15.6 Å². The van der Waals surface area contributed by atoms with Crippen molar-refractivity contribution in [3.8, 4) is 11.4 Å². The lowest BCUT2D eigenvalue weighted by atomic mass is 10.2. The van der Waals surface area contributed by atoms with Crippen LogP contribution in [0, 0.1) is 0 Å². The summed E-state index contributed by atoms with van der Waals surface area (Å²) < 4.78 is 7.52. The molecule has 0 aliphatic carbocycles. The Labute approximate surface area is 201 Å². The van der Waals surface area contributed by atoms with Crippen molar-refractivity contribution in [2.75, 3.05) is 0 Å². The number of imide groups is 1. The van der Waals surface area contributed by atoms with Crippen molar-refractivity contribution in [3.63, 3.8) is 0 Å². The third kappa shape index (κ3) is 5.78. The average Bonchev–Trinajstić information content (AvgIpc) is 3.35. The molecule has 1 saturated heterocycles. The fourth-order valence-electron chi connectivity index (χ4n) is 2.90. The highest BCUT2D eigenvalue weighted by Gasteiger charge is 2.26. The second-order valence-electron chi connectivity index (χ2n) is 6.88. The van der Waals surface area contributed by atoms with Crippen LogP contribution in [0.4, 0.5) is 4.79 Å². The van der Waals surface area contributed by atoms with E-state index in [0.29, 0.717) is 23.0 Å². The van der Waals surface area contributed by atoms with Gasteiger partial charge in [-0.2, -0.15) is 10.2 Å². The predicted molar refractivity (Wildman–Crippen MR) is 125 cm³/mol. The number of amides is 3. The van der Waals surface area contributed by atoms with Crippen LogP contribution in [0.25, 0.3) is 5.69 Å². The van der Waals surface area contributed by atoms with E-state index in [1.165, 1.54) is 23.2 Å². The van der Waals surface area contributed by atoms with Crippen LogP contribution in [-0.2, 0) is 20.9 Å². The smallest absolute Gasteiger partial charge is 0.350 e. The number of nitrogens with one attached hydrogen (secondary N) is 2. The summed E-state index contributed by atoms with van der Waals surface area (Å²) in [4.78, 5) is 59.5. The van der Waals surface area contributed by atoms with Gasteiger partial charge in [-0.05, 0) is 36.0 Å². The number of carbonyl (C=O) groups is 4. The van der Waals surface area contributed by atoms with Gasteiger partial charge >= 0.3 is 11.7 Å². The number of nitrogens with zero attached hydrogens (tertiary/aromatic N) is 4. The van der Waals surface area contributed by atoms with Gasteiger partial charge in [0, 0.05) is 11.6 Å². The molecule has 0 saturated carbocycles. The number of esters is 1. The maximum Gasteiger partial charge on any atom is 0.350 e. The zero-order valence-electron chi connectivity index (χ0n) is 17.8. The van der Waals surface area contributed by atoms with Gasteiger partial charge in [-0.15, -0.1) is 0 Å². The summed E-state index contributed by atoms with van der Waals surface area (Å²) in [6.07, 6.45) is 3.48. The molecule has 1 aliphatic rings. The van der Waals surface area contributed by atoms with Crippen LogP contribution in [0.15, 0.2) is 81.8 Å². The molecule has 2 aromatic carbocycles. The Balaban J connectivity index is 1.38. The highest BCUT2D eigenvalue weighted by atomic mass is 32.2. The van der Waals surface area contributed by atoms with Crippen molar-refractivity contribution in [1.29, 1.82) is 0 Å². The summed E-state index contributed by atoms with van der Waals surface area (Å²) in [5, 5.41) is 9.23. The number of benzene rings is 2. The molecule has 13 heteroatoms. The number of hydrogen-bond donors (Lipinski definition) is 2. The summed E-state index contributed by atoms with van der Waals surface area (Å²) in [5.41, 5.74) is 2.76. The molecule has 3 amide bonds. The minimum atomic E-state index is -0.865. The number of rotatable bonds is 7. The minimum Gasteiger partial charge on any atom is -0.423 e. The van der Waals surface area contributed by atoms with Crippen molar-refractivity contribution < 1.29 is 23.9 Å². The second kappa shape index (κ2) is 10.4. The summed E-state index contributed by atoms with van der Waals surface area (Å²) in [7, 11) is 0. The van der Waals surface area contributed by atoms with Gasteiger partial charge in [-0.25, -0.2) is 24.3 Å². The monoisotopic (exact) mass is 492 g/mol. The highest BCUT2D eigenvalue weighted by molar-refractivity contribution is 8.18. The molecule has 1 fully saturated rings. The van der Waals surface area contributed by atoms with Crippen LogP contribution < -0.4 is 21.2 Å². The number of thioether (sulfide) groups is 1. The molecule has 12 nitrogen and oxygen atoms in total. The van der Waals surface area contributed by atoms with Crippen LogP contribution in [0.3, 0.4) is 0 Å². The van der Waals surface area contributed by atoms with Crippen molar-refractivity contribution >= 4 is 41.0 Å².